The zero-order valence-corrected chi connectivity index (χ0v) is 15.8. The molecule has 0 radical (unpaired) electrons. The van der Waals surface area contributed by atoms with Crippen LogP contribution < -0.4 is 5.32 Å². The molecule has 0 aliphatic heterocycles. The van der Waals surface area contributed by atoms with E-state index in [9.17, 15) is 4.79 Å². The Morgan fingerprint density at radius 1 is 1.15 bits per heavy atom. The molecule has 1 N–H and O–H groups in total. The minimum Gasteiger partial charge on any atom is -0.296 e. The highest BCUT2D eigenvalue weighted by molar-refractivity contribution is 7.14. The molecule has 4 rings (SSSR count). The Morgan fingerprint density at radius 3 is 2.70 bits per heavy atom. The van der Waals surface area contributed by atoms with Gasteiger partial charge >= 0.3 is 0 Å². The lowest BCUT2D eigenvalue weighted by Crippen LogP contribution is -2.15. The number of amides is 1. The van der Waals surface area contributed by atoms with E-state index in [-0.39, 0.29) is 5.91 Å². The van der Waals surface area contributed by atoms with E-state index in [1.54, 1.807) is 42.3 Å². The molecule has 3 heterocycles. The molecule has 4 aromatic rings. The Kier molecular flexibility index (Phi) is 4.70. The van der Waals surface area contributed by atoms with Gasteiger partial charge in [-0.05, 0) is 30.3 Å². The van der Waals surface area contributed by atoms with E-state index in [2.05, 4.69) is 20.4 Å². The molecule has 0 saturated carbocycles. The molecule has 134 valence electrons. The fraction of sp³-hybridized carbons (Fsp3) is 0.0526. The van der Waals surface area contributed by atoms with Crippen molar-refractivity contribution in [3.8, 4) is 22.5 Å². The minimum absolute atomic E-state index is 0.266. The molecule has 3 aromatic heterocycles. The van der Waals surface area contributed by atoms with E-state index in [0.29, 0.717) is 21.5 Å². The van der Waals surface area contributed by atoms with Crippen LogP contribution in [0.5, 0.6) is 0 Å². The van der Waals surface area contributed by atoms with Crippen LogP contribution in [-0.2, 0) is 7.05 Å². The van der Waals surface area contributed by atoms with Crippen LogP contribution in [0.4, 0.5) is 5.13 Å². The standard InChI is InChI=1S/C19H14ClN5OS/c1-25-17(9-15(24-25)12-4-6-14(20)7-5-12)18(26)23-19-22-16(11-27-19)13-3-2-8-21-10-13/h2-11H,1H3,(H,22,23,26). The fourth-order valence-electron chi connectivity index (χ4n) is 2.58. The number of pyridine rings is 1. The van der Waals surface area contributed by atoms with Crippen LogP contribution >= 0.6 is 22.9 Å². The summed E-state index contributed by atoms with van der Waals surface area (Å²) in [6.07, 6.45) is 3.44. The van der Waals surface area contributed by atoms with Crippen molar-refractivity contribution in [2.75, 3.05) is 5.32 Å². The molecule has 0 saturated heterocycles. The number of anilines is 1. The Morgan fingerprint density at radius 2 is 1.96 bits per heavy atom. The summed E-state index contributed by atoms with van der Waals surface area (Å²) in [6.45, 7) is 0. The molecule has 8 heteroatoms. The van der Waals surface area contributed by atoms with Gasteiger partial charge in [-0.3, -0.25) is 19.8 Å². The second kappa shape index (κ2) is 7.30. The van der Waals surface area contributed by atoms with E-state index in [1.165, 1.54) is 11.3 Å². The van der Waals surface area contributed by atoms with Gasteiger partial charge < -0.3 is 0 Å². The predicted molar refractivity (Wildman–Crippen MR) is 107 cm³/mol. The lowest BCUT2D eigenvalue weighted by molar-refractivity contribution is 0.101. The molecule has 0 spiro atoms. The van der Waals surface area contributed by atoms with Gasteiger partial charge in [-0.1, -0.05) is 23.7 Å². The van der Waals surface area contributed by atoms with Gasteiger partial charge in [0.2, 0.25) is 0 Å². The number of aromatic nitrogens is 4. The van der Waals surface area contributed by atoms with Gasteiger partial charge in [0.1, 0.15) is 5.69 Å². The van der Waals surface area contributed by atoms with Crippen LogP contribution in [0, 0.1) is 0 Å². The van der Waals surface area contributed by atoms with Crippen LogP contribution in [0.2, 0.25) is 5.02 Å². The molecule has 0 atom stereocenters. The number of nitrogens with one attached hydrogen (secondary N) is 1. The van der Waals surface area contributed by atoms with E-state index in [1.807, 2.05) is 29.6 Å². The molecule has 27 heavy (non-hydrogen) atoms. The van der Waals surface area contributed by atoms with Crippen molar-refractivity contribution in [1.29, 1.82) is 0 Å². The first-order chi connectivity index (χ1) is 13.1. The smallest absolute Gasteiger partial charge is 0.275 e. The summed E-state index contributed by atoms with van der Waals surface area (Å²) in [5, 5.41) is 10.3. The summed E-state index contributed by atoms with van der Waals surface area (Å²) >= 11 is 7.29. The number of carbonyl (C=O) groups excluding carboxylic acids is 1. The monoisotopic (exact) mass is 395 g/mol. The highest BCUT2D eigenvalue weighted by Crippen LogP contribution is 2.25. The molecule has 0 unspecified atom stereocenters. The van der Waals surface area contributed by atoms with E-state index >= 15 is 0 Å². The molecule has 0 bridgehead atoms. The molecule has 6 nitrogen and oxygen atoms in total. The van der Waals surface area contributed by atoms with Crippen molar-refractivity contribution in [2.45, 2.75) is 0 Å². The van der Waals surface area contributed by atoms with Crippen molar-refractivity contribution >= 4 is 34.0 Å². The van der Waals surface area contributed by atoms with Gasteiger partial charge in [-0.2, -0.15) is 5.10 Å². The van der Waals surface area contributed by atoms with Gasteiger partial charge in [-0.25, -0.2) is 4.98 Å². The molecule has 1 aromatic carbocycles. The van der Waals surface area contributed by atoms with E-state index in [0.717, 1.165) is 16.8 Å². The second-order valence-electron chi connectivity index (χ2n) is 5.78. The van der Waals surface area contributed by atoms with E-state index < -0.39 is 0 Å². The number of nitrogens with zero attached hydrogens (tertiary/aromatic N) is 4. The zero-order chi connectivity index (χ0) is 18.8. The highest BCUT2D eigenvalue weighted by Gasteiger charge is 2.16. The third kappa shape index (κ3) is 3.74. The largest absolute Gasteiger partial charge is 0.296 e. The molecular formula is C19H14ClN5OS. The summed E-state index contributed by atoms with van der Waals surface area (Å²) in [6, 6.07) is 12.8. The number of hydrogen-bond acceptors (Lipinski definition) is 5. The van der Waals surface area contributed by atoms with Crippen LogP contribution in [0.3, 0.4) is 0 Å². The number of halogens is 1. The van der Waals surface area contributed by atoms with E-state index in [4.69, 9.17) is 11.6 Å². The number of carbonyl (C=O) groups is 1. The van der Waals surface area contributed by atoms with Gasteiger partial charge in [0.15, 0.2) is 5.13 Å². The van der Waals surface area contributed by atoms with Gasteiger partial charge in [-0.15, -0.1) is 11.3 Å². The normalized spacial score (nSPS) is 10.7. The average Bonchev–Trinajstić information content (AvgIpc) is 3.30. The Labute approximate surface area is 164 Å². The van der Waals surface area contributed by atoms with Gasteiger partial charge in [0.25, 0.3) is 5.91 Å². The first-order valence-electron chi connectivity index (χ1n) is 8.07. The minimum atomic E-state index is -0.266. The van der Waals surface area contributed by atoms with Crippen molar-refractivity contribution < 1.29 is 4.79 Å². The average molecular weight is 396 g/mol. The second-order valence-corrected chi connectivity index (χ2v) is 7.07. The summed E-state index contributed by atoms with van der Waals surface area (Å²) < 4.78 is 1.55. The molecule has 1 amide bonds. The Balaban J connectivity index is 1.54. The van der Waals surface area contributed by atoms with Gasteiger partial charge in [0.05, 0.1) is 11.4 Å². The maximum Gasteiger partial charge on any atom is 0.275 e. The van der Waals surface area contributed by atoms with Crippen LogP contribution in [0.15, 0.2) is 60.2 Å². The number of aryl methyl sites for hydroxylation is 1. The third-order valence-corrected chi connectivity index (χ3v) is 4.94. The maximum atomic E-state index is 12.6. The zero-order valence-electron chi connectivity index (χ0n) is 14.3. The van der Waals surface area contributed by atoms with Crippen molar-refractivity contribution in [3.05, 3.63) is 71.0 Å². The van der Waals surface area contributed by atoms with Crippen molar-refractivity contribution in [3.63, 3.8) is 0 Å². The van der Waals surface area contributed by atoms with Crippen LogP contribution in [0.1, 0.15) is 10.5 Å². The quantitative estimate of drug-likeness (QED) is 0.551. The Bertz CT molecular complexity index is 1090. The SMILES string of the molecule is Cn1nc(-c2ccc(Cl)cc2)cc1C(=O)Nc1nc(-c2cccnc2)cs1. The van der Waals surface area contributed by atoms with Crippen LogP contribution in [-0.4, -0.2) is 25.7 Å². The lowest BCUT2D eigenvalue weighted by Gasteiger charge is -2.01. The third-order valence-electron chi connectivity index (χ3n) is 3.93. The first-order valence-corrected chi connectivity index (χ1v) is 9.33. The summed E-state index contributed by atoms with van der Waals surface area (Å²) in [4.78, 5) is 21.2. The first kappa shape index (κ1) is 17.4. The fourth-order valence-corrected chi connectivity index (χ4v) is 3.42. The molecule has 0 aliphatic rings. The van der Waals surface area contributed by atoms with Gasteiger partial charge in [0, 0.05) is 41.0 Å². The number of hydrogen-bond donors (Lipinski definition) is 1. The summed E-state index contributed by atoms with van der Waals surface area (Å²) in [7, 11) is 1.73. The number of benzene rings is 1. The highest BCUT2D eigenvalue weighted by atomic mass is 35.5. The molecular weight excluding hydrogens is 382 g/mol. The Hall–Kier alpha value is -3.03. The summed E-state index contributed by atoms with van der Waals surface area (Å²) in [5.41, 5.74) is 3.71. The topological polar surface area (TPSA) is 72.7 Å². The lowest BCUT2D eigenvalue weighted by atomic mass is 10.1. The van der Waals surface area contributed by atoms with Crippen molar-refractivity contribution in [1.82, 2.24) is 19.7 Å². The number of rotatable bonds is 4. The number of thiazole rings is 1. The maximum absolute atomic E-state index is 12.6. The van der Waals surface area contributed by atoms with Crippen LogP contribution in [0.25, 0.3) is 22.5 Å². The van der Waals surface area contributed by atoms with Crippen molar-refractivity contribution in [2.24, 2.45) is 7.05 Å². The summed E-state index contributed by atoms with van der Waals surface area (Å²) in [5.74, 6) is -0.266. The predicted octanol–water partition coefficient (Wildman–Crippen LogP) is 4.51. The molecule has 0 aliphatic carbocycles. The molecule has 0 fully saturated rings.